The van der Waals surface area contributed by atoms with Crippen LogP contribution in [-0.2, 0) is 14.4 Å². The third-order valence-electron chi connectivity index (χ3n) is 6.07. The lowest BCUT2D eigenvalue weighted by atomic mass is 10.00. The Bertz CT molecular complexity index is 1640. The van der Waals surface area contributed by atoms with Gasteiger partial charge in [-0.1, -0.05) is 55.1 Å². The van der Waals surface area contributed by atoms with Crippen LogP contribution in [0.2, 0.25) is 0 Å². The number of rotatable bonds is 7. The molecule has 1 heterocycles. The number of hydrogen-bond donors (Lipinski definition) is 0. The molecule has 196 valence electrons. The lowest BCUT2D eigenvalue weighted by Gasteiger charge is -2.14. The maximum atomic E-state index is 12.8. The minimum atomic E-state index is -1.22. The van der Waals surface area contributed by atoms with Gasteiger partial charge in [-0.15, -0.1) is 0 Å². The van der Waals surface area contributed by atoms with Crippen LogP contribution in [0.5, 0.6) is 11.5 Å². The third-order valence-corrected chi connectivity index (χ3v) is 6.07. The highest BCUT2D eigenvalue weighted by Gasteiger charge is 2.24. The summed E-state index contributed by atoms with van der Waals surface area (Å²) in [4.78, 5) is 48.6. The van der Waals surface area contributed by atoms with Crippen LogP contribution < -0.4 is 14.4 Å². The number of anilines is 1. The van der Waals surface area contributed by atoms with Crippen LogP contribution >= 0.6 is 0 Å². The Hall–Kier alpha value is -5.63. The molecule has 0 saturated heterocycles. The van der Waals surface area contributed by atoms with Crippen molar-refractivity contribution in [2.24, 2.45) is 0 Å². The fourth-order valence-corrected chi connectivity index (χ4v) is 4.02. The van der Waals surface area contributed by atoms with Crippen molar-refractivity contribution in [2.45, 2.75) is 0 Å². The van der Waals surface area contributed by atoms with Crippen molar-refractivity contribution in [3.8, 4) is 33.8 Å². The zero-order valence-corrected chi connectivity index (χ0v) is 20.9. The molecule has 1 aliphatic rings. The van der Waals surface area contributed by atoms with E-state index in [1.165, 1.54) is 36.4 Å². The van der Waals surface area contributed by atoms with Crippen molar-refractivity contribution >= 4 is 29.4 Å². The molecule has 7 nitrogen and oxygen atoms in total. The highest BCUT2D eigenvalue weighted by Crippen LogP contribution is 2.29. The summed E-state index contributed by atoms with van der Waals surface area (Å²) in [6.07, 6.45) is 2.50. The first-order valence-electron chi connectivity index (χ1n) is 12.0. The topological polar surface area (TPSA) is 90.0 Å². The van der Waals surface area contributed by atoms with E-state index in [0.717, 1.165) is 27.2 Å². The summed E-state index contributed by atoms with van der Waals surface area (Å²) in [5.74, 6) is -3.33. The predicted octanol–water partition coefficient (Wildman–Crippen LogP) is 6.06. The van der Waals surface area contributed by atoms with Gasteiger partial charge in [-0.2, -0.15) is 4.39 Å². The number of benzene rings is 4. The van der Waals surface area contributed by atoms with Crippen molar-refractivity contribution in [3.05, 3.63) is 127 Å². The number of ether oxygens (including phenoxy) is 2. The average Bonchev–Trinajstić information content (AvgIpc) is 3.31. The van der Waals surface area contributed by atoms with Crippen LogP contribution in [0.25, 0.3) is 22.3 Å². The van der Waals surface area contributed by atoms with Crippen molar-refractivity contribution in [1.29, 1.82) is 0 Å². The molecule has 1 aliphatic heterocycles. The summed E-state index contributed by atoms with van der Waals surface area (Å²) in [5, 5.41) is 0. The Balaban J connectivity index is 1.21. The molecule has 4 aromatic rings. The molecule has 0 atom stereocenters. The Morgan fingerprint density at radius 1 is 0.600 bits per heavy atom. The van der Waals surface area contributed by atoms with Gasteiger partial charge in [0, 0.05) is 12.2 Å². The standard InChI is InChI=1S/C32H20FNO6/c1-20(33)31(37)39-27-16-10-25(11-17-27)32(38)40-28-14-8-24(9-15-28)22-4-2-21(3-5-22)23-6-12-26(13-7-23)34-29(35)18-19-30(34)36/h2-19H,1H2. The lowest BCUT2D eigenvalue weighted by molar-refractivity contribution is -0.131. The molecule has 0 bridgehead atoms. The number of nitrogens with zero attached hydrogens (tertiary/aromatic N) is 1. The number of halogens is 1. The maximum Gasteiger partial charge on any atom is 0.371 e. The Kier molecular flexibility index (Phi) is 7.15. The second-order valence-corrected chi connectivity index (χ2v) is 8.70. The molecular formula is C32H20FNO6. The van der Waals surface area contributed by atoms with E-state index in [1.807, 2.05) is 48.5 Å². The minimum Gasteiger partial charge on any atom is -0.423 e. The van der Waals surface area contributed by atoms with E-state index >= 15 is 0 Å². The molecule has 0 saturated carbocycles. The van der Waals surface area contributed by atoms with E-state index < -0.39 is 17.8 Å². The summed E-state index contributed by atoms with van der Waals surface area (Å²) < 4.78 is 22.9. The maximum absolute atomic E-state index is 12.8. The van der Waals surface area contributed by atoms with E-state index in [4.69, 9.17) is 9.47 Å². The molecule has 0 aromatic heterocycles. The molecule has 40 heavy (non-hydrogen) atoms. The van der Waals surface area contributed by atoms with Crippen molar-refractivity contribution in [2.75, 3.05) is 4.90 Å². The second-order valence-electron chi connectivity index (χ2n) is 8.70. The van der Waals surface area contributed by atoms with Gasteiger partial charge < -0.3 is 9.47 Å². The summed E-state index contributed by atoms with van der Waals surface area (Å²) >= 11 is 0. The van der Waals surface area contributed by atoms with Crippen LogP contribution in [0.4, 0.5) is 10.1 Å². The Morgan fingerprint density at radius 2 is 1.00 bits per heavy atom. The molecule has 0 unspecified atom stereocenters. The first-order chi connectivity index (χ1) is 19.3. The van der Waals surface area contributed by atoms with Gasteiger partial charge in [-0.05, 0) is 70.8 Å². The first-order valence-corrected chi connectivity index (χ1v) is 12.0. The zero-order valence-electron chi connectivity index (χ0n) is 20.9. The van der Waals surface area contributed by atoms with Crippen molar-refractivity contribution in [3.63, 3.8) is 0 Å². The second kappa shape index (κ2) is 11.0. The van der Waals surface area contributed by atoms with Gasteiger partial charge in [0.25, 0.3) is 11.8 Å². The zero-order chi connectivity index (χ0) is 28.2. The molecular weight excluding hydrogens is 513 g/mol. The molecule has 8 heteroatoms. The monoisotopic (exact) mass is 533 g/mol. The van der Waals surface area contributed by atoms with Crippen LogP contribution in [0.15, 0.2) is 122 Å². The Labute approximate surface area is 228 Å². The number of hydrogen-bond acceptors (Lipinski definition) is 6. The highest BCUT2D eigenvalue weighted by molar-refractivity contribution is 6.28. The predicted molar refractivity (Wildman–Crippen MR) is 146 cm³/mol. The normalized spacial score (nSPS) is 12.4. The van der Waals surface area contributed by atoms with Gasteiger partial charge >= 0.3 is 11.9 Å². The van der Waals surface area contributed by atoms with Gasteiger partial charge in [0.15, 0.2) is 0 Å². The minimum absolute atomic E-state index is 0.0698. The molecule has 4 aromatic carbocycles. The highest BCUT2D eigenvalue weighted by atomic mass is 19.1. The van der Waals surface area contributed by atoms with Gasteiger partial charge in [0.1, 0.15) is 11.5 Å². The van der Waals surface area contributed by atoms with E-state index in [1.54, 1.807) is 24.3 Å². The third kappa shape index (κ3) is 5.61. The smallest absolute Gasteiger partial charge is 0.371 e. The molecule has 5 rings (SSSR count). The van der Waals surface area contributed by atoms with E-state index in [2.05, 4.69) is 6.58 Å². The van der Waals surface area contributed by atoms with Crippen LogP contribution in [0.1, 0.15) is 10.4 Å². The van der Waals surface area contributed by atoms with Crippen LogP contribution in [0, 0.1) is 0 Å². The number of carbonyl (C=O) groups excluding carboxylic acids is 4. The molecule has 0 aliphatic carbocycles. The summed E-state index contributed by atoms with van der Waals surface area (Å²) in [5.41, 5.74) is 4.52. The summed E-state index contributed by atoms with van der Waals surface area (Å²) in [6, 6.07) is 27.6. The van der Waals surface area contributed by atoms with Gasteiger partial charge in [0.05, 0.1) is 11.3 Å². The van der Waals surface area contributed by atoms with Gasteiger partial charge in [-0.3, -0.25) is 9.59 Å². The molecule has 0 fully saturated rings. The SMILES string of the molecule is C=C(F)C(=O)Oc1ccc(C(=O)Oc2ccc(-c3ccc(-c4ccc(N5C(=O)C=CC5=O)cc4)cc3)cc2)cc1. The fraction of sp³-hybridized carbons (Fsp3) is 0. The summed E-state index contributed by atoms with van der Waals surface area (Å²) in [7, 11) is 0. The van der Waals surface area contributed by atoms with Gasteiger partial charge in [0.2, 0.25) is 5.83 Å². The number of carbonyl (C=O) groups is 4. The van der Waals surface area contributed by atoms with E-state index in [9.17, 15) is 23.6 Å². The number of amides is 2. The quantitative estimate of drug-likeness (QED) is 0.124. The number of imide groups is 1. The molecule has 0 radical (unpaired) electrons. The molecule has 2 amide bonds. The van der Waals surface area contributed by atoms with Crippen LogP contribution in [-0.4, -0.2) is 23.8 Å². The fourth-order valence-electron chi connectivity index (χ4n) is 4.02. The molecule has 0 N–H and O–H groups in total. The Morgan fingerprint density at radius 3 is 1.48 bits per heavy atom. The number of esters is 2. The van der Waals surface area contributed by atoms with Crippen molar-refractivity contribution < 1.29 is 33.0 Å². The summed E-state index contributed by atoms with van der Waals surface area (Å²) in [6.45, 7) is 2.87. The van der Waals surface area contributed by atoms with E-state index in [0.29, 0.717) is 11.4 Å². The largest absolute Gasteiger partial charge is 0.423 e. The van der Waals surface area contributed by atoms with Crippen LogP contribution in [0.3, 0.4) is 0 Å². The first kappa shape index (κ1) is 26.0. The van der Waals surface area contributed by atoms with Crippen molar-refractivity contribution in [1.82, 2.24) is 0 Å². The lowest BCUT2D eigenvalue weighted by Crippen LogP contribution is -2.29. The van der Waals surface area contributed by atoms with E-state index in [-0.39, 0.29) is 23.1 Å². The average molecular weight is 534 g/mol. The molecule has 0 spiro atoms. The van der Waals surface area contributed by atoms with Gasteiger partial charge in [-0.25, -0.2) is 14.5 Å².